The standard InChI is InChI=1S/C19H30N8/c1-6-14-16(8-3)22-24-18(20-14)26-10-11-27(13(5)12-26)19-21-15(7-2)17(9-4)23-25-19/h13H,6-12H2,1-5H3. The maximum Gasteiger partial charge on any atom is 0.245 e. The predicted molar refractivity (Wildman–Crippen MR) is 106 cm³/mol. The molecule has 3 rings (SSSR count). The van der Waals surface area contributed by atoms with E-state index in [0.717, 1.165) is 80.0 Å². The summed E-state index contributed by atoms with van der Waals surface area (Å²) >= 11 is 0. The van der Waals surface area contributed by atoms with Crippen LogP contribution in [0.25, 0.3) is 0 Å². The van der Waals surface area contributed by atoms with Gasteiger partial charge in [0.25, 0.3) is 0 Å². The number of aromatic nitrogens is 6. The highest BCUT2D eigenvalue weighted by Gasteiger charge is 2.28. The quantitative estimate of drug-likeness (QED) is 0.764. The zero-order valence-corrected chi connectivity index (χ0v) is 17.1. The van der Waals surface area contributed by atoms with E-state index >= 15 is 0 Å². The van der Waals surface area contributed by atoms with E-state index in [1.165, 1.54) is 0 Å². The van der Waals surface area contributed by atoms with Crippen molar-refractivity contribution in [2.24, 2.45) is 0 Å². The number of rotatable bonds is 6. The lowest BCUT2D eigenvalue weighted by Gasteiger charge is -2.39. The van der Waals surface area contributed by atoms with Crippen molar-refractivity contribution in [2.75, 3.05) is 29.4 Å². The highest BCUT2D eigenvalue weighted by molar-refractivity contribution is 5.39. The topological polar surface area (TPSA) is 83.8 Å². The molecule has 146 valence electrons. The molecule has 0 bridgehead atoms. The second-order valence-electron chi connectivity index (χ2n) is 6.91. The largest absolute Gasteiger partial charge is 0.336 e. The van der Waals surface area contributed by atoms with Crippen LogP contribution in [0.4, 0.5) is 11.9 Å². The summed E-state index contributed by atoms with van der Waals surface area (Å²) in [6, 6.07) is 0.247. The fourth-order valence-corrected chi connectivity index (χ4v) is 3.55. The fourth-order valence-electron chi connectivity index (χ4n) is 3.55. The maximum atomic E-state index is 4.77. The Kier molecular flexibility index (Phi) is 6.13. The van der Waals surface area contributed by atoms with Gasteiger partial charge in [0.1, 0.15) is 0 Å². The molecule has 1 aliphatic heterocycles. The molecule has 2 aromatic rings. The fraction of sp³-hybridized carbons (Fsp3) is 0.684. The Morgan fingerprint density at radius 3 is 1.74 bits per heavy atom. The number of aryl methyl sites for hydroxylation is 4. The second kappa shape index (κ2) is 8.54. The predicted octanol–water partition coefficient (Wildman–Crippen LogP) is 2.02. The minimum atomic E-state index is 0.247. The summed E-state index contributed by atoms with van der Waals surface area (Å²) in [4.78, 5) is 14.0. The van der Waals surface area contributed by atoms with Gasteiger partial charge in [0.05, 0.1) is 22.8 Å². The first kappa shape index (κ1) is 19.4. The smallest absolute Gasteiger partial charge is 0.245 e. The lowest BCUT2D eigenvalue weighted by atomic mass is 10.2. The first-order valence-corrected chi connectivity index (χ1v) is 10.1. The van der Waals surface area contributed by atoms with Crippen molar-refractivity contribution in [1.82, 2.24) is 30.4 Å². The molecule has 8 nitrogen and oxygen atoms in total. The first-order chi connectivity index (χ1) is 13.1. The third-order valence-electron chi connectivity index (χ3n) is 5.16. The van der Waals surface area contributed by atoms with Crippen molar-refractivity contribution < 1.29 is 0 Å². The first-order valence-electron chi connectivity index (χ1n) is 10.1. The second-order valence-corrected chi connectivity index (χ2v) is 6.91. The van der Waals surface area contributed by atoms with Gasteiger partial charge in [0.15, 0.2) is 0 Å². The van der Waals surface area contributed by atoms with Crippen LogP contribution < -0.4 is 9.80 Å². The number of piperazine rings is 1. The molecule has 0 aromatic carbocycles. The van der Waals surface area contributed by atoms with Crippen molar-refractivity contribution in [3.8, 4) is 0 Å². The van der Waals surface area contributed by atoms with Crippen molar-refractivity contribution in [1.29, 1.82) is 0 Å². The Balaban J connectivity index is 1.76. The molecule has 0 aliphatic carbocycles. The van der Waals surface area contributed by atoms with Gasteiger partial charge < -0.3 is 9.80 Å². The molecule has 0 radical (unpaired) electrons. The molecule has 0 amide bonds. The molecule has 1 saturated heterocycles. The lowest BCUT2D eigenvalue weighted by molar-refractivity contribution is 0.525. The van der Waals surface area contributed by atoms with Crippen molar-refractivity contribution in [3.63, 3.8) is 0 Å². The van der Waals surface area contributed by atoms with Crippen LogP contribution in [-0.4, -0.2) is 56.0 Å². The SMILES string of the molecule is CCc1nnc(N2CCN(c3nnc(CC)c(CC)n3)C(C)C2)nc1CC. The molecule has 1 fully saturated rings. The van der Waals surface area contributed by atoms with Crippen LogP contribution in [0.15, 0.2) is 0 Å². The molecule has 1 atom stereocenters. The molecule has 0 N–H and O–H groups in total. The molecular weight excluding hydrogens is 340 g/mol. The van der Waals surface area contributed by atoms with Crippen LogP contribution in [0.5, 0.6) is 0 Å². The van der Waals surface area contributed by atoms with Gasteiger partial charge >= 0.3 is 0 Å². The van der Waals surface area contributed by atoms with Gasteiger partial charge in [-0.3, -0.25) is 0 Å². The van der Waals surface area contributed by atoms with Gasteiger partial charge in [0.2, 0.25) is 11.9 Å². The van der Waals surface area contributed by atoms with E-state index in [9.17, 15) is 0 Å². The molecule has 3 heterocycles. The normalized spacial score (nSPS) is 17.4. The summed E-state index contributed by atoms with van der Waals surface area (Å²) in [5.41, 5.74) is 4.09. The minimum absolute atomic E-state index is 0.247. The molecule has 8 heteroatoms. The molecule has 2 aromatic heterocycles. The van der Waals surface area contributed by atoms with Crippen molar-refractivity contribution in [2.45, 2.75) is 66.3 Å². The molecule has 1 aliphatic rings. The van der Waals surface area contributed by atoms with Gasteiger partial charge in [-0.25, -0.2) is 9.97 Å². The van der Waals surface area contributed by atoms with E-state index in [4.69, 9.17) is 9.97 Å². The molecular formula is C19H30N8. The number of hydrogen-bond donors (Lipinski definition) is 0. The van der Waals surface area contributed by atoms with E-state index in [1.807, 2.05) is 0 Å². The van der Waals surface area contributed by atoms with Gasteiger partial charge in [-0.2, -0.15) is 10.2 Å². The maximum absolute atomic E-state index is 4.77. The van der Waals surface area contributed by atoms with Crippen LogP contribution in [0.1, 0.15) is 57.4 Å². The van der Waals surface area contributed by atoms with Gasteiger partial charge in [-0.1, -0.05) is 27.7 Å². The van der Waals surface area contributed by atoms with Crippen LogP contribution >= 0.6 is 0 Å². The number of hydrogen-bond acceptors (Lipinski definition) is 8. The molecule has 27 heavy (non-hydrogen) atoms. The summed E-state index contributed by atoms with van der Waals surface area (Å²) in [7, 11) is 0. The molecule has 0 saturated carbocycles. The monoisotopic (exact) mass is 370 g/mol. The minimum Gasteiger partial charge on any atom is -0.336 e. The van der Waals surface area contributed by atoms with Crippen molar-refractivity contribution in [3.05, 3.63) is 22.8 Å². The van der Waals surface area contributed by atoms with E-state index in [2.05, 4.69) is 64.8 Å². The van der Waals surface area contributed by atoms with E-state index in [1.54, 1.807) is 0 Å². The highest BCUT2D eigenvalue weighted by Crippen LogP contribution is 2.20. The van der Waals surface area contributed by atoms with Crippen LogP contribution in [0, 0.1) is 0 Å². The van der Waals surface area contributed by atoms with Crippen LogP contribution in [-0.2, 0) is 25.7 Å². The zero-order valence-electron chi connectivity index (χ0n) is 17.1. The highest BCUT2D eigenvalue weighted by atomic mass is 15.4. The van der Waals surface area contributed by atoms with Gasteiger partial charge in [-0.05, 0) is 32.6 Å². The summed E-state index contributed by atoms with van der Waals surface area (Å²) in [6.07, 6.45) is 3.49. The Labute approximate surface area is 161 Å². The third kappa shape index (κ3) is 3.99. The van der Waals surface area contributed by atoms with Crippen LogP contribution in [0.2, 0.25) is 0 Å². The Bertz CT molecular complexity index is 778. The number of nitrogens with zero attached hydrogens (tertiary/aromatic N) is 8. The summed E-state index contributed by atoms with van der Waals surface area (Å²) < 4.78 is 0. The summed E-state index contributed by atoms with van der Waals surface area (Å²) in [5.74, 6) is 1.45. The van der Waals surface area contributed by atoms with E-state index in [-0.39, 0.29) is 6.04 Å². The van der Waals surface area contributed by atoms with Crippen molar-refractivity contribution >= 4 is 11.9 Å². The Morgan fingerprint density at radius 1 is 0.704 bits per heavy atom. The average Bonchev–Trinajstić information content (AvgIpc) is 2.72. The molecule has 1 unspecified atom stereocenters. The van der Waals surface area contributed by atoms with Crippen LogP contribution in [0.3, 0.4) is 0 Å². The summed E-state index contributed by atoms with van der Waals surface area (Å²) in [5, 5.41) is 17.5. The third-order valence-corrected chi connectivity index (χ3v) is 5.16. The Hall–Kier alpha value is -2.38. The van der Waals surface area contributed by atoms with Gasteiger partial charge in [-0.15, -0.1) is 10.2 Å². The zero-order chi connectivity index (χ0) is 19.4. The van der Waals surface area contributed by atoms with Gasteiger partial charge in [0, 0.05) is 25.7 Å². The summed E-state index contributed by atoms with van der Waals surface area (Å²) in [6.45, 7) is 13.0. The Morgan fingerprint density at radius 2 is 1.22 bits per heavy atom. The van der Waals surface area contributed by atoms with E-state index < -0.39 is 0 Å². The number of anilines is 2. The lowest BCUT2D eigenvalue weighted by Crippen LogP contribution is -2.53. The molecule has 0 spiro atoms. The van der Waals surface area contributed by atoms with E-state index in [0.29, 0.717) is 0 Å². The average molecular weight is 371 g/mol.